The summed E-state index contributed by atoms with van der Waals surface area (Å²) < 4.78 is 2.03. The fourth-order valence-electron chi connectivity index (χ4n) is 2.94. The van der Waals surface area contributed by atoms with Gasteiger partial charge in [0.25, 0.3) is 0 Å². The number of anilines is 1. The maximum Gasteiger partial charge on any atom is 0.161 e. The van der Waals surface area contributed by atoms with Crippen molar-refractivity contribution in [3.63, 3.8) is 0 Å². The van der Waals surface area contributed by atoms with Gasteiger partial charge in [-0.3, -0.25) is 4.57 Å². The van der Waals surface area contributed by atoms with Gasteiger partial charge in [-0.2, -0.15) is 0 Å². The van der Waals surface area contributed by atoms with Gasteiger partial charge in [0.15, 0.2) is 5.82 Å². The van der Waals surface area contributed by atoms with E-state index in [1.165, 1.54) is 0 Å². The van der Waals surface area contributed by atoms with Crippen molar-refractivity contribution in [2.45, 2.75) is 38.8 Å². The Bertz CT molecular complexity index is 606. The van der Waals surface area contributed by atoms with Crippen LogP contribution in [0.5, 0.6) is 0 Å². The molecule has 21 heavy (non-hydrogen) atoms. The van der Waals surface area contributed by atoms with Crippen molar-refractivity contribution in [2.24, 2.45) is 0 Å². The summed E-state index contributed by atoms with van der Waals surface area (Å²) in [5, 5.41) is 3.68. The third kappa shape index (κ3) is 2.93. The van der Waals surface area contributed by atoms with E-state index in [9.17, 15) is 0 Å². The Morgan fingerprint density at radius 3 is 2.86 bits per heavy atom. The molecular formula is C16H23N5. The number of hydrogen-bond acceptors (Lipinski definition) is 4. The third-order valence-corrected chi connectivity index (χ3v) is 4.41. The van der Waals surface area contributed by atoms with Crippen LogP contribution in [0, 0.1) is 6.92 Å². The van der Waals surface area contributed by atoms with Crippen LogP contribution in [0.2, 0.25) is 0 Å². The lowest BCUT2D eigenvalue weighted by atomic mass is 9.99. The smallest absolute Gasteiger partial charge is 0.161 e. The number of nitrogens with zero attached hydrogens (tertiary/aromatic N) is 4. The molecule has 0 aromatic carbocycles. The molecule has 1 saturated heterocycles. The predicted octanol–water partition coefficient (Wildman–Crippen LogP) is 2.47. The van der Waals surface area contributed by atoms with Gasteiger partial charge in [-0.25, -0.2) is 9.97 Å². The summed E-state index contributed by atoms with van der Waals surface area (Å²) in [7, 11) is 2.20. The van der Waals surface area contributed by atoms with Crippen LogP contribution < -0.4 is 5.32 Å². The van der Waals surface area contributed by atoms with E-state index >= 15 is 0 Å². The van der Waals surface area contributed by atoms with Crippen LogP contribution in [-0.4, -0.2) is 45.1 Å². The lowest BCUT2D eigenvalue weighted by Crippen LogP contribution is -2.42. The van der Waals surface area contributed by atoms with Crippen LogP contribution in [-0.2, 0) is 0 Å². The fraction of sp³-hybridized carbons (Fsp3) is 0.500. The molecule has 0 aliphatic carbocycles. The molecule has 2 aromatic heterocycles. The van der Waals surface area contributed by atoms with Gasteiger partial charge in [0.1, 0.15) is 5.82 Å². The summed E-state index contributed by atoms with van der Waals surface area (Å²) >= 11 is 0. The summed E-state index contributed by atoms with van der Waals surface area (Å²) in [6, 6.07) is 5.20. The van der Waals surface area contributed by atoms with Crippen LogP contribution in [0.4, 0.5) is 5.69 Å². The molecule has 1 fully saturated rings. The zero-order chi connectivity index (χ0) is 14.8. The van der Waals surface area contributed by atoms with Crippen LogP contribution in [0.25, 0.3) is 5.82 Å². The van der Waals surface area contributed by atoms with E-state index in [0.717, 1.165) is 36.7 Å². The first-order chi connectivity index (χ1) is 10.1. The number of aromatic nitrogens is 3. The molecule has 1 aliphatic heterocycles. The standard InChI is InChI=1S/C16H23N5/c1-12-11-14(6-9-20(12)3)19-15-5-4-7-18-16(15)21-10-8-17-13(21)2/h4-5,7-8,10,12,14,19H,6,9,11H2,1-3H3. The molecule has 0 radical (unpaired) electrons. The van der Waals surface area contributed by atoms with E-state index in [-0.39, 0.29) is 0 Å². The Morgan fingerprint density at radius 1 is 1.29 bits per heavy atom. The SMILES string of the molecule is Cc1nccn1-c1ncccc1NC1CCN(C)C(C)C1. The quantitative estimate of drug-likeness (QED) is 0.941. The van der Waals surface area contributed by atoms with Crippen LogP contribution in [0.15, 0.2) is 30.7 Å². The normalized spacial score (nSPS) is 23.2. The highest BCUT2D eigenvalue weighted by molar-refractivity contribution is 5.57. The van der Waals surface area contributed by atoms with E-state index in [0.29, 0.717) is 12.1 Å². The van der Waals surface area contributed by atoms with Crippen molar-refractivity contribution in [3.8, 4) is 5.82 Å². The topological polar surface area (TPSA) is 46.0 Å². The first kappa shape index (κ1) is 14.1. The molecule has 2 atom stereocenters. The Hall–Kier alpha value is -1.88. The second kappa shape index (κ2) is 5.85. The average Bonchev–Trinajstić information content (AvgIpc) is 2.90. The molecule has 0 saturated carbocycles. The summed E-state index contributed by atoms with van der Waals surface area (Å²) in [4.78, 5) is 11.2. The van der Waals surface area contributed by atoms with Crippen molar-refractivity contribution in [1.29, 1.82) is 0 Å². The molecule has 0 spiro atoms. The van der Waals surface area contributed by atoms with Crippen LogP contribution in [0.3, 0.4) is 0 Å². The predicted molar refractivity (Wildman–Crippen MR) is 84.8 cm³/mol. The van der Waals surface area contributed by atoms with Gasteiger partial charge in [0.05, 0.1) is 5.69 Å². The number of nitrogens with one attached hydrogen (secondary N) is 1. The molecule has 2 unspecified atom stereocenters. The van der Waals surface area contributed by atoms with Crippen molar-refractivity contribution < 1.29 is 0 Å². The fourth-order valence-corrected chi connectivity index (χ4v) is 2.94. The number of pyridine rings is 1. The van der Waals surface area contributed by atoms with Crippen molar-refractivity contribution >= 4 is 5.69 Å². The average molecular weight is 285 g/mol. The molecule has 3 rings (SSSR count). The Morgan fingerprint density at radius 2 is 2.14 bits per heavy atom. The van der Waals surface area contributed by atoms with E-state index in [1.54, 1.807) is 0 Å². The second-order valence-corrected chi connectivity index (χ2v) is 5.91. The van der Waals surface area contributed by atoms with Gasteiger partial charge in [0, 0.05) is 37.2 Å². The van der Waals surface area contributed by atoms with Gasteiger partial charge < -0.3 is 10.2 Å². The molecule has 0 amide bonds. The third-order valence-electron chi connectivity index (χ3n) is 4.41. The molecule has 1 aliphatic rings. The Labute approximate surface area is 126 Å². The first-order valence-electron chi connectivity index (χ1n) is 7.57. The summed E-state index contributed by atoms with van der Waals surface area (Å²) in [5.74, 6) is 1.88. The number of piperidine rings is 1. The van der Waals surface area contributed by atoms with Crippen LogP contribution in [0.1, 0.15) is 25.6 Å². The van der Waals surface area contributed by atoms with Crippen molar-refractivity contribution in [1.82, 2.24) is 19.4 Å². The number of hydrogen-bond donors (Lipinski definition) is 1. The molecule has 0 bridgehead atoms. The van der Waals surface area contributed by atoms with E-state index in [4.69, 9.17) is 0 Å². The highest BCUT2D eigenvalue weighted by atomic mass is 15.2. The molecule has 1 N–H and O–H groups in total. The maximum absolute atomic E-state index is 4.53. The number of rotatable bonds is 3. The van der Waals surface area contributed by atoms with E-state index in [1.807, 2.05) is 36.1 Å². The molecule has 112 valence electrons. The number of likely N-dealkylation sites (tertiary alicyclic amines) is 1. The zero-order valence-electron chi connectivity index (χ0n) is 13.0. The van der Waals surface area contributed by atoms with Gasteiger partial charge in [-0.15, -0.1) is 0 Å². The summed E-state index contributed by atoms with van der Waals surface area (Å²) in [5.41, 5.74) is 1.08. The molecule has 5 heteroatoms. The maximum atomic E-state index is 4.53. The van der Waals surface area contributed by atoms with Crippen LogP contribution >= 0.6 is 0 Å². The number of aryl methyl sites for hydroxylation is 1. The Balaban J connectivity index is 1.82. The monoisotopic (exact) mass is 285 g/mol. The lowest BCUT2D eigenvalue weighted by Gasteiger charge is -2.36. The van der Waals surface area contributed by atoms with Gasteiger partial charge in [-0.1, -0.05) is 0 Å². The minimum Gasteiger partial charge on any atom is -0.379 e. The van der Waals surface area contributed by atoms with E-state index in [2.05, 4.69) is 40.2 Å². The van der Waals surface area contributed by atoms with Gasteiger partial charge in [-0.05, 0) is 45.9 Å². The van der Waals surface area contributed by atoms with E-state index < -0.39 is 0 Å². The molecule has 3 heterocycles. The summed E-state index contributed by atoms with van der Waals surface area (Å²) in [6.07, 6.45) is 7.93. The van der Waals surface area contributed by atoms with Gasteiger partial charge in [0.2, 0.25) is 0 Å². The molecule has 5 nitrogen and oxygen atoms in total. The van der Waals surface area contributed by atoms with Crippen molar-refractivity contribution in [2.75, 3.05) is 18.9 Å². The molecule has 2 aromatic rings. The zero-order valence-corrected chi connectivity index (χ0v) is 13.0. The minimum atomic E-state index is 0.503. The number of imidazole rings is 1. The molecular weight excluding hydrogens is 262 g/mol. The first-order valence-corrected chi connectivity index (χ1v) is 7.57. The summed E-state index contributed by atoms with van der Waals surface area (Å²) in [6.45, 7) is 5.42. The Kier molecular flexibility index (Phi) is 3.92. The lowest BCUT2D eigenvalue weighted by molar-refractivity contribution is 0.190. The minimum absolute atomic E-state index is 0.503. The second-order valence-electron chi connectivity index (χ2n) is 5.91. The largest absolute Gasteiger partial charge is 0.379 e. The van der Waals surface area contributed by atoms with Gasteiger partial charge >= 0.3 is 0 Å². The highest BCUT2D eigenvalue weighted by Crippen LogP contribution is 2.24. The van der Waals surface area contributed by atoms with Crippen molar-refractivity contribution in [3.05, 3.63) is 36.5 Å². The highest BCUT2D eigenvalue weighted by Gasteiger charge is 2.23.